The minimum atomic E-state index is -0.460. The lowest BCUT2D eigenvalue weighted by molar-refractivity contribution is 0.0839. The number of aromatic nitrogens is 2. The van der Waals surface area contributed by atoms with E-state index < -0.39 is 5.91 Å². The number of fused-ring (bicyclic) bond motifs is 1. The molecule has 116 valence electrons. The van der Waals surface area contributed by atoms with Crippen molar-refractivity contribution in [2.24, 2.45) is 0 Å². The fraction of sp³-hybridized carbons (Fsp3) is 0.118. The second-order valence-electron chi connectivity index (χ2n) is 4.96. The average molecular weight is 308 g/mol. The van der Waals surface area contributed by atoms with Crippen LogP contribution in [0.1, 0.15) is 27.9 Å². The van der Waals surface area contributed by atoms with E-state index in [-0.39, 0.29) is 11.6 Å². The monoisotopic (exact) mass is 308 g/mol. The Kier molecular flexibility index (Phi) is 4.05. The Bertz CT molecular complexity index is 855. The van der Waals surface area contributed by atoms with Crippen LogP contribution in [0.4, 0.5) is 0 Å². The highest BCUT2D eigenvalue weighted by Gasteiger charge is 2.15. The van der Waals surface area contributed by atoms with Gasteiger partial charge in [-0.1, -0.05) is 24.3 Å². The van der Waals surface area contributed by atoms with E-state index in [1.165, 1.54) is 6.20 Å². The SMILES string of the molecule is CCn1c(C(=O)NNC(=O)c2ccccn2)cc2ccccc21. The average Bonchev–Trinajstić information content (AvgIpc) is 2.98. The molecule has 0 aliphatic heterocycles. The molecule has 0 spiro atoms. The molecule has 0 aliphatic rings. The van der Waals surface area contributed by atoms with E-state index in [0.29, 0.717) is 12.2 Å². The van der Waals surface area contributed by atoms with Crippen molar-refractivity contribution in [2.45, 2.75) is 13.5 Å². The van der Waals surface area contributed by atoms with E-state index in [9.17, 15) is 9.59 Å². The number of aryl methyl sites for hydroxylation is 1. The lowest BCUT2D eigenvalue weighted by Crippen LogP contribution is -2.42. The second-order valence-corrected chi connectivity index (χ2v) is 4.96. The Labute approximate surface area is 133 Å². The second kappa shape index (κ2) is 6.31. The maximum atomic E-state index is 12.4. The molecular formula is C17H16N4O2. The summed E-state index contributed by atoms with van der Waals surface area (Å²) in [7, 11) is 0. The third kappa shape index (κ3) is 2.91. The fourth-order valence-corrected chi connectivity index (χ4v) is 2.48. The van der Waals surface area contributed by atoms with Gasteiger partial charge >= 0.3 is 0 Å². The fourth-order valence-electron chi connectivity index (χ4n) is 2.48. The number of hydrogen-bond acceptors (Lipinski definition) is 3. The molecule has 2 aromatic heterocycles. The predicted octanol–water partition coefficient (Wildman–Crippen LogP) is 2.13. The number of carbonyl (C=O) groups is 2. The smallest absolute Gasteiger partial charge is 0.288 e. The van der Waals surface area contributed by atoms with E-state index in [1.54, 1.807) is 24.3 Å². The molecule has 0 saturated heterocycles. The van der Waals surface area contributed by atoms with E-state index in [4.69, 9.17) is 0 Å². The Morgan fingerprint density at radius 3 is 2.52 bits per heavy atom. The van der Waals surface area contributed by atoms with E-state index in [1.807, 2.05) is 35.8 Å². The maximum Gasteiger partial charge on any atom is 0.288 e. The number of pyridine rings is 1. The molecule has 0 bridgehead atoms. The Balaban J connectivity index is 1.77. The molecule has 0 unspecified atom stereocenters. The van der Waals surface area contributed by atoms with Crippen LogP contribution in [0, 0.1) is 0 Å². The number of para-hydroxylation sites is 1. The zero-order valence-corrected chi connectivity index (χ0v) is 12.6. The number of rotatable bonds is 3. The van der Waals surface area contributed by atoms with Crippen molar-refractivity contribution in [3.63, 3.8) is 0 Å². The number of amides is 2. The number of nitrogens with one attached hydrogen (secondary N) is 2. The normalized spacial score (nSPS) is 10.5. The van der Waals surface area contributed by atoms with Gasteiger partial charge in [-0.05, 0) is 31.2 Å². The number of hydrazine groups is 1. The van der Waals surface area contributed by atoms with Gasteiger partial charge in [0.2, 0.25) is 0 Å². The van der Waals surface area contributed by atoms with Crippen molar-refractivity contribution >= 4 is 22.7 Å². The van der Waals surface area contributed by atoms with Gasteiger partial charge in [-0.3, -0.25) is 25.4 Å². The molecule has 2 N–H and O–H groups in total. The lowest BCUT2D eigenvalue weighted by atomic mass is 10.2. The van der Waals surface area contributed by atoms with Gasteiger partial charge in [0.05, 0.1) is 0 Å². The van der Waals surface area contributed by atoms with Gasteiger partial charge in [0, 0.05) is 23.6 Å². The van der Waals surface area contributed by atoms with Crippen LogP contribution in [0.25, 0.3) is 10.9 Å². The van der Waals surface area contributed by atoms with Crippen LogP contribution in [0.5, 0.6) is 0 Å². The predicted molar refractivity (Wildman–Crippen MR) is 86.8 cm³/mol. The van der Waals surface area contributed by atoms with Crippen LogP contribution in [0.3, 0.4) is 0 Å². The van der Waals surface area contributed by atoms with Crippen LogP contribution in [-0.4, -0.2) is 21.4 Å². The molecule has 0 atom stereocenters. The Hall–Kier alpha value is -3.15. The highest BCUT2D eigenvalue weighted by molar-refractivity contribution is 6.00. The summed E-state index contributed by atoms with van der Waals surface area (Å²) in [4.78, 5) is 28.2. The van der Waals surface area contributed by atoms with E-state index in [0.717, 1.165) is 10.9 Å². The summed E-state index contributed by atoms with van der Waals surface area (Å²) in [5, 5.41) is 0.982. The Morgan fingerprint density at radius 2 is 1.78 bits per heavy atom. The van der Waals surface area contributed by atoms with Gasteiger partial charge in [0.1, 0.15) is 11.4 Å². The highest BCUT2D eigenvalue weighted by Crippen LogP contribution is 2.19. The van der Waals surface area contributed by atoms with Crippen molar-refractivity contribution in [1.82, 2.24) is 20.4 Å². The zero-order chi connectivity index (χ0) is 16.2. The van der Waals surface area contributed by atoms with Crippen molar-refractivity contribution in [3.8, 4) is 0 Å². The first-order valence-corrected chi connectivity index (χ1v) is 7.30. The topological polar surface area (TPSA) is 76.0 Å². The molecule has 3 aromatic rings. The van der Waals surface area contributed by atoms with Gasteiger partial charge in [0.25, 0.3) is 11.8 Å². The minimum absolute atomic E-state index is 0.240. The quantitative estimate of drug-likeness (QED) is 0.728. The van der Waals surface area contributed by atoms with Gasteiger partial charge in [-0.2, -0.15) is 0 Å². The molecule has 23 heavy (non-hydrogen) atoms. The zero-order valence-electron chi connectivity index (χ0n) is 12.6. The summed E-state index contributed by atoms with van der Waals surface area (Å²) in [6, 6.07) is 14.6. The summed E-state index contributed by atoms with van der Waals surface area (Å²) in [5.41, 5.74) is 6.53. The molecule has 0 radical (unpaired) electrons. The first-order valence-electron chi connectivity index (χ1n) is 7.30. The molecule has 0 saturated carbocycles. The third-order valence-electron chi connectivity index (χ3n) is 3.55. The number of hydrogen-bond donors (Lipinski definition) is 2. The number of carbonyl (C=O) groups excluding carboxylic acids is 2. The molecule has 6 nitrogen and oxygen atoms in total. The van der Waals surface area contributed by atoms with Gasteiger partial charge in [-0.25, -0.2) is 0 Å². The van der Waals surface area contributed by atoms with Crippen LogP contribution < -0.4 is 10.9 Å². The summed E-state index contributed by atoms with van der Waals surface area (Å²) in [6.45, 7) is 2.63. The van der Waals surface area contributed by atoms with E-state index in [2.05, 4.69) is 15.8 Å². The lowest BCUT2D eigenvalue weighted by Gasteiger charge is -2.09. The van der Waals surface area contributed by atoms with Crippen LogP contribution in [0.15, 0.2) is 54.7 Å². The third-order valence-corrected chi connectivity index (χ3v) is 3.55. The van der Waals surface area contributed by atoms with E-state index >= 15 is 0 Å². The molecule has 0 aliphatic carbocycles. The number of benzene rings is 1. The first kappa shape index (κ1) is 14.8. The first-order chi connectivity index (χ1) is 11.2. The van der Waals surface area contributed by atoms with Crippen LogP contribution in [-0.2, 0) is 6.54 Å². The minimum Gasteiger partial charge on any atom is -0.337 e. The van der Waals surface area contributed by atoms with Crippen molar-refractivity contribution in [1.29, 1.82) is 0 Å². The molecule has 2 heterocycles. The van der Waals surface area contributed by atoms with Gasteiger partial charge < -0.3 is 4.57 Å². The molecular weight excluding hydrogens is 292 g/mol. The van der Waals surface area contributed by atoms with Crippen molar-refractivity contribution in [3.05, 3.63) is 66.1 Å². The van der Waals surface area contributed by atoms with Crippen molar-refractivity contribution in [2.75, 3.05) is 0 Å². The summed E-state index contributed by atoms with van der Waals surface area (Å²) in [5.74, 6) is -0.828. The Morgan fingerprint density at radius 1 is 1.04 bits per heavy atom. The summed E-state index contributed by atoms with van der Waals surface area (Å²) >= 11 is 0. The standard InChI is InChI=1S/C17H16N4O2/c1-2-21-14-9-4-3-7-12(14)11-15(21)17(23)20-19-16(22)13-8-5-6-10-18-13/h3-11H,2H2,1H3,(H,19,22)(H,20,23). The van der Waals surface area contributed by atoms with Crippen LogP contribution >= 0.6 is 0 Å². The molecule has 6 heteroatoms. The summed E-state index contributed by atoms with van der Waals surface area (Å²) in [6.07, 6.45) is 1.52. The maximum absolute atomic E-state index is 12.4. The molecule has 3 rings (SSSR count). The molecule has 1 aromatic carbocycles. The highest BCUT2D eigenvalue weighted by atomic mass is 16.2. The van der Waals surface area contributed by atoms with Crippen LogP contribution in [0.2, 0.25) is 0 Å². The summed E-state index contributed by atoms with van der Waals surface area (Å²) < 4.78 is 1.90. The van der Waals surface area contributed by atoms with Gasteiger partial charge in [0.15, 0.2) is 0 Å². The largest absolute Gasteiger partial charge is 0.337 e. The number of nitrogens with zero attached hydrogens (tertiary/aromatic N) is 2. The van der Waals surface area contributed by atoms with Crippen molar-refractivity contribution < 1.29 is 9.59 Å². The van der Waals surface area contributed by atoms with Gasteiger partial charge in [-0.15, -0.1) is 0 Å². The molecule has 0 fully saturated rings. The molecule has 2 amide bonds.